The maximum Gasteiger partial charge on any atom is 0.223 e. The van der Waals surface area contributed by atoms with Crippen molar-refractivity contribution in [1.29, 1.82) is 0 Å². The van der Waals surface area contributed by atoms with Crippen LogP contribution in [-0.2, 0) is 11.3 Å². The summed E-state index contributed by atoms with van der Waals surface area (Å²) in [6, 6.07) is 4.48. The summed E-state index contributed by atoms with van der Waals surface area (Å²) >= 11 is 5.94. The number of carbonyl (C=O) groups excluding carboxylic acids is 1. The highest BCUT2D eigenvalue weighted by atomic mass is 35.5. The van der Waals surface area contributed by atoms with Crippen LogP contribution in [0.15, 0.2) is 18.2 Å². The molecular formula is C17H22ClFN2O2. The van der Waals surface area contributed by atoms with Crippen molar-refractivity contribution < 1.29 is 14.3 Å². The average molecular weight is 341 g/mol. The number of carbonyl (C=O) groups is 1. The molecule has 126 valence electrons. The van der Waals surface area contributed by atoms with Gasteiger partial charge in [-0.05, 0) is 44.0 Å². The fourth-order valence-electron chi connectivity index (χ4n) is 3.15. The van der Waals surface area contributed by atoms with Crippen molar-refractivity contribution in [1.82, 2.24) is 10.2 Å². The second-order valence-corrected chi connectivity index (χ2v) is 7.03. The second-order valence-electron chi connectivity index (χ2n) is 6.59. The van der Waals surface area contributed by atoms with E-state index in [2.05, 4.69) is 10.2 Å². The van der Waals surface area contributed by atoms with Gasteiger partial charge in [0, 0.05) is 48.2 Å². The molecule has 0 radical (unpaired) electrons. The number of rotatable bonds is 5. The standard InChI is InChI=1S/C17H22ClFN2O2/c18-14-3-4-15(19)13(7-14)8-21-6-5-12(10-22)16(9-21)20-17(23)11-1-2-11/h3-4,7,11-12,16,22H,1-2,5-6,8-10H2,(H,20,23)/t12-,16-/m1/s1. The van der Waals surface area contributed by atoms with Gasteiger partial charge in [0.25, 0.3) is 0 Å². The van der Waals surface area contributed by atoms with Crippen LogP contribution in [0.3, 0.4) is 0 Å². The highest BCUT2D eigenvalue weighted by Crippen LogP contribution is 2.30. The van der Waals surface area contributed by atoms with Crippen LogP contribution in [-0.4, -0.2) is 41.7 Å². The molecule has 2 aliphatic rings. The van der Waals surface area contributed by atoms with Crippen LogP contribution in [0, 0.1) is 17.7 Å². The van der Waals surface area contributed by atoms with Crippen molar-refractivity contribution in [2.75, 3.05) is 19.7 Å². The number of halogens is 2. The molecule has 0 aromatic heterocycles. The van der Waals surface area contributed by atoms with E-state index in [4.69, 9.17) is 11.6 Å². The first kappa shape index (κ1) is 16.7. The van der Waals surface area contributed by atoms with E-state index in [-0.39, 0.29) is 36.2 Å². The van der Waals surface area contributed by atoms with Gasteiger partial charge in [0.1, 0.15) is 5.82 Å². The van der Waals surface area contributed by atoms with Gasteiger partial charge < -0.3 is 10.4 Å². The highest BCUT2D eigenvalue weighted by molar-refractivity contribution is 6.30. The lowest BCUT2D eigenvalue weighted by atomic mass is 9.91. The summed E-state index contributed by atoms with van der Waals surface area (Å²) in [6.45, 7) is 1.91. The molecule has 1 amide bonds. The Morgan fingerprint density at radius 1 is 1.39 bits per heavy atom. The van der Waals surface area contributed by atoms with Crippen LogP contribution in [0.5, 0.6) is 0 Å². The number of nitrogens with zero attached hydrogens (tertiary/aromatic N) is 1. The predicted molar refractivity (Wildman–Crippen MR) is 86.5 cm³/mol. The molecule has 2 atom stereocenters. The molecule has 1 heterocycles. The van der Waals surface area contributed by atoms with Crippen molar-refractivity contribution in [3.05, 3.63) is 34.6 Å². The molecule has 0 unspecified atom stereocenters. The van der Waals surface area contributed by atoms with E-state index < -0.39 is 0 Å². The van der Waals surface area contributed by atoms with Gasteiger partial charge in [0.05, 0.1) is 0 Å². The lowest BCUT2D eigenvalue weighted by Crippen LogP contribution is -2.53. The van der Waals surface area contributed by atoms with E-state index in [0.29, 0.717) is 23.7 Å². The zero-order valence-corrected chi connectivity index (χ0v) is 13.7. The molecule has 6 heteroatoms. The van der Waals surface area contributed by atoms with Crippen molar-refractivity contribution in [2.24, 2.45) is 11.8 Å². The van der Waals surface area contributed by atoms with Crippen LogP contribution in [0.2, 0.25) is 5.02 Å². The first-order valence-electron chi connectivity index (χ1n) is 8.14. The fourth-order valence-corrected chi connectivity index (χ4v) is 3.34. The molecule has 0 spiro atoms. The molecule has 1 aliphatic carbocycles. The number of amides is 1. The molecule has 3 rings (SSSR count). The quantitative estimate of drug-likeness (QED) is 0.864. The summed E-state index contributed by atoms with van der Waals surface area (Å²) in [5.74, 6) is 0.0368. The van der Waals surface area contributed by atoms with Crippen molar-refractivity contribution >= 4 is 17.5 Å². The zero-order chi connectivity index (χ0) is 16.4. The summed E-state index contributed by atoms with van der Waals surface area (Å²) in [6.07, 6.45) is 2.70. The third kappa shape index (κ3) is 4.22. The van der Waals surface area contributed by atoms with Gasteiger partial charge >= 0.3 is 0 Å². The van der Waals surface area contributed by atoms with Crippen LogP contribution in [0.1, 0.15) is 24.8 Å². The Hall–Kier alpha value is -1.17. The van der Waals surface area contributed by atoms with Gasteiger partial charge in [-0.3, -0.25) is 9.69 Å². The molecular weight excluding hydrogens is 319 g/mol. The van der Waals surface area contributed by atoms with Crippen molar-refractivity contribution in [2.45, 2.75) is 31.8 Å². The van der Waals surface area contributed by atoms with E-state index in [1.165, 1.54) is 12.1 Å². The van der Waals surface area contributed by atoms with Crippen molar-refractivity contribution in [3.63, 3.8) is 0 Å². The first-order valence-corrected chi connectivity index (χ1v) is 8.52. The molecule has 1 aromatic carbocycles. The van der Waals surface area contributed by atoms with Gasteiger partial charge in [-0.25, -0.2) is 4.39 Å². The Morgan fingerprint density at radius 3 is 2.87 bits per heavy atom. The predicted octanol–water partition coefficient (Wildman–Crippen LogP) is 2.19. The number of hydrogen-bond donors (Lipinski definition) is 2. The number of nitrogens with one attached hydrogen (secondary N) is 1. The Kier molecular flexibility index (Phi) is 5.19. The number of benzene rings is 1. The maximum absolute atomic E-state index is 13.9. The number of aliphatic hydroxyl groups excluding tert-OH is 1. The smallest absolute Gasteiger partial charge is 0.223 e. The third-order valence-electron chi connectivity index (χ3n) is 4.75. The van der Waals surface area contributed by atoms with Gasteiger partial charge in [-0.2, -0.15) is 0 Å². The van der Waals surface area contributed by atoms with E-state index in [0.717, 1.165) is 25.8 Å². The monoisotopic (exact) mass is 340 g/mol. The highest BCUT2D eigenvalue weighted by Gasteiger charge is 2.35. The topological polar surface area (TPSA) is 52.6 Å². The molecule has 0 bridgehead atoms. The van der Waals surface area contributed by atoms with Gasteiger partial charge in [-0.15, -0.1) is 0 Å². The Labute approximate surface area is 140 Å². The molecule has 2 fully saturated rings. The summed E-state index contributed by atoms with van der Waals surface area (Å²) in [4.78, 5) is 14.1. The lowest BCUT2D eigenvalue weighted by Gasteiger charge is -2.38. The summed E-state index contributed by atoms with van der Waals surface area (Å²) in [5.41, 5.74) is 0.562. The molecule has 1 aromatic rings. The minimum Gasteiger partial charge on any atom is -0.396 e. The Bertz CT molecular complexity index is 580. The maximum atomic E-state index is 13.9. The molecule has 1 aliphatic heterocycles. The van der Waals surface area contributed by atoms with Crippen molar-refractivity contribution in [3.8, 4) is 0 Å². The minimum atomic E-state index is -0.266. The largest absolute Gasteiger partial charge is 0.396 e. The lowest BCUT2D eigenvalue weighted by molar-refractivity contribution is -0.124. The van der Waals surface area contributed by atoms with Gasteiger partial charge in [0.2, 0.25) is 5.91 Å². The number of hydrogen-bond acceptors (Lipinski definition) is 3. The van der Waals surface area contributed by atoms with E-state index >= 15 is 0 Å². The van der Waals surface area contributed by atoms with E-state index in [1.807, 2.05) is 0 Å². The molecule has 23 heavy (non-hydrogen) atoms. The molecule has 1 saturated carbocycles. The van der Waals surface area contributed by atoms with E-state index in [9.17, 15) is 14.3 Å². The number of aliphatic hydroxyl groups is 1. The first-order chi connectivity index (χ1) is 11.1. The van der Waals surface area contributed by atoms with Crippen LogP contribution < -0.4 is 5.32 Å². The summed E-state index contributed by atoms with van der Waals surface area (Å²) < 4.78 is 13.9. The van der Waals surface area contributed by atoms with Crippen LogP contribution >= 0.6 is 11.6 Å². The van der Waals surface area contributed by atoms with Gasteiger partial charge in [0.15, 0.2) is 0 Å². The second kappa shape index (κ2) is 7.16. The minimum absolute atomic E-state index is 0.0645. The molecule has 4 nitrogen and oxygen atoms in total. The molecule has 1 saturated heterocycles. The Morgan fingerprint density at radius 2 is 2.17 bits per heavy atom. The van der Waals surface area contributed by atoms with Crippen LogP contribution in [0.25, 0.3) is 0 Å². The summed E-state index contributed by atoms with van der Waals surface area (Å²) in [5, 5.41) is 13.1. The SMILES string of the molecule is O=C(N[C@@H]1CN(Cc2cc(Cl)ccc2F)CC[C@@H]1CO)C1CC1. The normalized spacial score (nSPS) is 25.3. The molecule has 2 N–H and O–H groups in total. The van der Waals surface area contributed by atoms with E-state index in [1.54, 1.807) is 6.07 Å². The Balaban J connectivity index is 1.64. The average Bonchev–Trinajstić information content (AvgIpc) is 3.36. The number of piperidine rings is 1. The fraction of sp³-hybridized carbons (Fsp3) is 0.588. The summed E-state index contributed by atoms with van der Waals surface area (Å²) in [7, 11) is 0. The van der Waals surface area contributed by atoms with Gasteiger partial charge in [-0.1, -0.05) is 11.6 Å². The number of likely N-dealkylation sites (tertiary alicyclic amines) is 1. The van der Waals surface area contributed by atoms with Crippen LogP contribution in [0.4, 0.5) is 4.39 Å². The zero-order valence-electron chi connectivity index (χ0n) is 13.0. The third-order valence-corrected chi connectivity index (χ3v) is 4.99.